The lowest BCUT2D eigenvalue weighted by atomic mass is 9.94. The molecule has 0 aromatic heterocycles. The second kappa shape index (κ2) is 5.73. The lowest BCUT2D eigenvalue weighted by Gasteiger charge is -2.18. The zero-order valence-corrected chi connectivity index (χ0v) is 13.6. The van der Waals surface area contributed by atoms with Gasteiger partial charge in [0.05, 0.1) is 15.0 Å². The molecular weight excluding hydrogens is 368 g/mol. The van der Waals surface area contributed by atoms with Crippen molar-refractivity contribution in [2.24, 2.45) is 5.41 Å². The average molecular weight is 385 g/mol. The molecule has 1 N–H and O–H groups in total. The third-order valence-electron chi connectivity index (χ3n) is 2.34. The van der Waals surface area contributed by atoms with E-state index in [0.29, 0.717) is 12.1 Å². The van der Waals surface area contributed by atoms with Gasteiger partial charge < -0.3 is 0 Å². The Bertz CT molecular complexity index is 523. The van der Waals surface area contributed by atoms with Gasteiger partial charge in [-0.05, 0) is 46.6 Å². The van der Waals surface area contributed by atoms with Crippen LogP contribution in [0, 0.1) is 14.8 Å². The van der Waals surface area contributed by atoms with E-state index in [1.807, 2.05) is 20.8 Å². The van der Waals surface area contributed by atoms with Crippen molar-refractivity contribution in [2.75, 3.05) is 10.5 Å². The first-order valence-corrected chi connectivity index (χ1v) is 8.28. The van der Waals surface area contributed by atoms with E-state index in [9.17, 15) is 12.8 Å². The van der Waals surface area contributed by atoms with Crippen LogP contribution in [0.5, 0.6) is 0 Å². The number of benzene rings is 1. The quantitative estimate of drug-likeness (QED) is 0.805. The molecule has 0 radical (unpaired) electrons. The fourth-order valence-corrected chi connectivity index (χ4v) is 3.41. The van der Waals surface area contributed by atoms with Gasteiger partial charge in [-0.2, -0.15) is 0 Å². The fourth-order valence-electron chi connectivity index (χ4n) is 1.24. The van der Waals surface area contributed by atoms with E-state index in [4.69, 9.17) is 0 Å². The molecule has 0 saturated carbocycles. The van der Waals surface area contributed by atoms with Gasteiger partial charge in [0.2, 0.25) is 10.0 Å². The maximum Gasteiger partial charge on any atom is 0.232 e. The van der Waals surface area contributed by atoms with Gasteiger partial charge in [0.25, 0.3) is 0 Å². The molecule has 0 fully saturated rings. The van der Waals surface area contributed by atoms with Crippen LogP contribution < -0.4 is 4.72 Å². The molecule has 1 rings (SSSR count). The molecule has 18 heavy (non-hydrogen) atoms. The van der Waals surface area contributed by atoms with Gasteiger partial charge in [-0.1, -0.05) is 26.8 Å². The molecule has 0 bridgehead atoms. The van der Waals surface area contributed by atoms with Gasteiger partial charge in [0.1, 0.15) is 5.82 Å². The molecule has 3 nitrogen and oxygen atoms in total. The zero-order chi connectivity index (χ0) is 14.0. The van der Waals surface area contributed by atoms with Crippen LogP contribution in [0.25, 0.3) is 0 Å². The van der Waals surface area contributed by atoms with Crippen LogP contribution in [0.1, 0.15) is 27.2 Å². The van der Waals surface area contributed by atoms with Crippen molar-refractivity contribution in [3.63, 3.8) is 0 Å². The topological polar surface area (TPSA) is 46.2 Å². The smallest absolute Gasteiger partial charge is 0.232 e. The second-order valence-corrected chi connectivity index (χ2v) is 8.25. The van der Waals surface area contributed by atoms with Gasteiger partial charge >= 0.3 is 0 Å². The van der Waals surface area contributed by atoms with E-state index in [1.54, 1.807) is 28.7 Å². The fraction of sp³-hybridized carbons (Fsp3) is 0.500. The lowest BCUT2D eigenvalue weighted by Crippen LogP contribution is -2.21. The molecule has 0 aliphatic carbocycles. The summed E-state index contributed by atoms with van der Waals surface area (Å²) in [5.41, 5.74) is 0.244. The van der Waals surface area contributed by atoms with Crippen molar-refractivity contribution in [3.8, 4) is 0 Å². The van der Waals surface area contributed by atoms with Crippen LogP contribution in [-0.4, -0.2) is 14.2 Å². The van der Waals surface area contributed by atoms with Crippen molar-refractivity contribution in [1.82, 2.24) is 0 Å². The Morgan fingerprint density at radius 1 is 1.33 bits per heavy atom. The molecule has 0 atom stereocenters. The van der Waals surface area contributed by atoms with Gasteiger partial charge in [-0.25, -0.2) is 12.8 Å². The van der Waals surface area contributed by atoms with E-state index in [0.717, 1.165) is 0 Å². The average Bonchev–Trinajstić information content (AvgIpc) is 2.21. The minimum Gasteiger partial charge on any atom is -0.282 e. The SMILES string of the molecule is CC(C)(C)CCS(=O)(=O)Nc1cccc(F)c1I. The first-order valence-electron chi connectivity index (χ1n) is 5.55. The van der Waals surface area contributed by atoms with Crippen LogP contribution in [-0.2, 0) is 10.0 Å². The lowest BCUT2D eigenvalue weighted by molar-refractivity contribution is 0.397. The highest BCUT2D eigenvalue weighted by Crippen LogP contribution is 2.24. The molecular formula is C12H17FINO2S. The summed E-state index contributed by atoms with van der Waals surface area (Å²) in [4.78, 5) is 0. The summed E-state index contributed by atoms with van der Waals surface area (Å²) in [6, 6.07) is 4.34. The Kier molecular flexibility index (Phi) is 4.99. The van der Waals surface area contributed by atoms with E-state index in [2.05, 4.69) is 4.72 Å². The van der Waals surface area contributed by atoms with Crippen molar-refractivity contribution in [1.29, 1.82) is 0 Å². The van der Waals surface area contributed by atoms with Crippen LogP contribution >= 0.6 is 22.6 Å². The summed E-state index contributed by atoms with van der Waals surface area (Å²) in [6.45, 7) is 5.94. The van der Waals surface area contributed by atoms with E-state index < -0.39 is 15.8 Å². The number of halogens is 2. The highest BCUT2D eigenvalue weighted by atomic mass is 127. The highest BCUT2D eigenvalue weighted by molar-refractivity contribution is 14.1. The molecule has 0 saturated heterocycles. The number of anilines is 1. The number of nitrogens with one attached hydrogen (secondary N) is 1. The molecule has 102 valence electrons. The predicted octanol–water partition coefficient (Wildman–Crippen LogP) is 3.61. The minimum absolute atomic E-state index is 0.0308. The van der Waals surface area contributed by atoms with Gasteiger partial charge in [0.15, 0.2) is 0 Å². The van der Waals surface area contributed by atoms with Gasteiger partial charge in [-0.3, -0.25) is 4.72 Å². The summed E-state index contributed by atoms with van der Waals surface area (Å²) in [6.07, 6.45) is 0.550. The maximum atomic E-state index is 13.3. The summed E-state index contributed by atoms with van der Waals surface area (Å²) in [7, 11) is -3.43. The minimum atomic E-state index is -3.43. The molecule has 6 heteroatoms. The molecule has 0 aliphatic heterocycles. The normalized spacial score (nSPS) is 12.5. The Morgan fingerprint density at radius 2 is 1.94 bits per heavy atom. The summed E-state index contributed by atoms with van der Waals surface area (Å²) < 4.78 is 39.7. The molecule has 1 aromatic rings. The van der Waals surface area contributed by atoms with Crippen molar-refractivity contribution in [3.05, 3.63) is 27.6 Å². The largest absolute Gasteiger partial charge is 0.282 e. The van der Waals surface area contributed by atoms with Gasteiger partial charge in [0, 0.05) is 0 Å². The molecule has 0 spiro atoms. The number of rotatable bonds is 4. The third-order valence-corrected chi connectivity index (χ3v) is 4.71. The van der Waals surface area contributed by atoms with Crippen molar-refractivity contribution in [2.45, 2.75) is 27.2 Å². The second-order valence-electron chi connectivity index (χ2n) is 5.33. The summed E-state index contributed by atoms with van der Waals surface area (Å²) >= 11 is 1.79. The Balaban J connectivity index is 2.80. The zero-order valence-electron chi connectivity index (χ0n) is 10.6. The number of hydrogen-bond donors (Lipinski definition) is 1. The van der Waals surface area contributed by atoms with Crippen LogP contribution in [0.15, 0.2) is 18.2 Å². The molecule has 0 aliphatic rings. The molecule has 0 amide bonds. The Labute approximate surface area is 121 Å². The van der Waals surface area contributed by atoms with Crippen molar-refractivity contribution < 1.29 is 12.8 Å². The van der Waals surface area contributed by atoms with Crippen LogP contribution in [0.2, 0.25) is 0 Å². The van der Waals surface area contributed by atoms with Gasteiger partial charge in [-0.15, -0.1) is 0 Å². The first kappa shape index (κ1) is 15.7. The van der Waals surface area contributed by atoms with E-state index >= 15 is 0 Å². The Hall–Kier alpha value is -0.370. The van der Waals surface area contributed by atoms with Crippen molar-refractivity contribution >= 4 is 38.3 Å². The summed E-state index contributed by atoms with van der Waals surface area (Å²) in [5, 5.41) is 0. The van der Waals surface area contributed by atoms with E-state index in [-0.39, 0.29) is 14.7 Å². The highest BCUT2D eigenvalue weighted by Gasteiger charge is 2.18. The predicted molar refractivity (Wildman–Crippen MR) is 80.6 cm³/mol. The number of hydrogen-bond acceptors (Lipinski definition) is 2. The molecule has 1 aromatic carbocycles. The number of sulfonamides is 1. The third kappa shape index (κ3) is 5.09. The molecule has 0 heterocycles. The van der Waals surface area contributed by atoms with Crippen LogP contribution in [0.4, 0.5) is 10.1 Å². The molecule has 0 unspecified atom stereocenters. The maximum absolute atomic E-state index is 13.3. The van der Waals surface area contributed by atoms with E-state index in [1.165, 1.54) is 12.1 Å². The monoisotopic (exact) mass is 385 g/mol. The standard InChI is InChI=1S/C12H17FINO2S/c1-12(2,3)7-8-18(16,17)15-10-6-4-5-9(13)11(10)14/h4-6,15H,7-8H2,1-3H3. The Morgan fingerprint density at radius 3 is 2.50 bits per heavy atom. The van der Waals surface area contributed by atoms with Crippen LogP contribution in [0.3, 0.4) is 0 Å². The summed E-state index contributed by atoms with van der Waals surface area (Å²) in [5.74, 6) is -0.394. The first-order chi connectivity index (χ1) is 8.11.